The first-order valence-electron chi connectivity index (χ1n) is 10.6. The van der Waals surface area contributed by atoms with E-state index in [9.17, 15) is 14.9 Å². The molecule has 5 nitrogen and oxygen atoms in total. The average molecular weight is 454 g/mol. The van der Waals surface area contributed by atoms with Gasteiger partial charge in [-0.3, -0.25) is 14.5 Å². The van der Waals surface area contributed by atoms with Gasteiger partial charge in [0.15, 0.2) is 0 Å². The molecule has 1 fully saturated rings. The molecule has 164 valence electrons. The molecule has 1 saturated heterocycles. The molecule has 1 atom stereocenters. The van der Waals surface area contributed by atoms with Gasteiger partial charge in [-0.05, 0) is 55.2 Å². The molecule has 0 saturated carbocycles. The van der Waals surface area contributed by atoms with Crippen molar-refractivity contribution in [1.29, 1.82) is 5.26 Å². The molecule has 1 N–H and O–H groups in total. The maximum Gasteiger partial charge on any atom is 0.269 e. The number of benzene rings is 3. The van der Waals surface area contributed by atoms with Crippen molar-refractivity contribution in [2.24, 2.45) is 0 Å². The topological polar surface area (TPSA) is 73.2 Å². The van der Waals surface area contributed by atoms with Gasteiger partial charge in [-0.1, -0.05) is 72.4 Å². The number of nitrogens with zero attached hydrogens (tertiary/aromatic N) is 2. The maximum absolute atomic E-state index is 13.5. The highest BCUT2D eigenvalue weighted by molar-refractivity contribution is 8.05. The standard InChI is InChI=1S/C27H23N3O2S/c1-18-13-14-19(2)23(15-18)29-25(31)22(17-28)27-30(21-11-7-4-8-12-21)26(32)24(33-27)16-20-9-5-3-6-10-20/h3-15,24H,16H2,1-2H3,(H,29,31)/b27-22-/t24-/m0/s1. The molecular formula is C27H23N3O2S. The molecule has 1 aliphatic rings. The first kappa shape index (κ1) is 22.4. The molecule has 0 radical (unpaired) electrons. The van der Waals surface area contributed by atoms with E-state index >= 15 is 0 Å². The number of nitrogens with one attached hydrogen (secondary N) is 1. The number of carbonyl (C=O) groups excluding carboxylic acids is 2. The Kier molecular flexibility index (Phi) is 6.62. The van der Waals surface area contributed by atoms with E-state index in [1.54, 1.807) is 12.1 Å². The summed E-state index contributed by atoms with van der Waals surface area (Å²) < 4.78 is 0. The fraction of sp³-hybridized carbons (Fsp3) is 0.148. The average Bonchev–Trinajstić information content (AvgIpc) is 3.13. The minimum absolute atomic E-state index is 0.0753. The van der Waals surface area contributed by atoms with Crippen LogP contribution in [-0.2, 0) is 16.0 Å². The van der Waals surface area contributed by atoms with E-state index in [-0.39, 0.29) is 11.5 Å². The van der Waals surface area contributed by atoms with Crippen molar-refractivity contribution >= 4 is 35.0 Å². The van der Waals surface area contributed by atoms with Crippen LogP contribution in [0.4, 0.5) is 11.4 Å². The van der Waals surface area contributed by atoms with Crippen molar-refractivity contribution in [2.45, 2.75) is 25.5 Å². The van der Waals surface area contributed by atoms with E-state index in [1.165, 1.54) is 16.7 Å². The third kappa shape index (κ3) is 4.84. The Hall–Kier alpha value is -3.82. The van der Waals surface area contributed by atoms with Crippen molar-refractivity contribution in [3.8, 4) is 6.07 Å². The van der Waals surface area contributed by atoms with Gasteiger partial charge in [-0.25, -0.2) is 0 Å². The van der Waals surface area contributed by atoms with Gasteiger partial charge in [0, 0.05) is 11.4 Å². The number of anilines is 2. The summed E-state index contributed by atoms with van der Waals surface area (Å²) >= 11 is 1.27. The highest BCUT2D eigenvalue weighted by Gasteiger charge is 2.40. The van der Waals surface area contributed by atoms with Crippen molar-refractivity contribution < 1.29 is 9.59 Å². The number of amides is 2. The zero-order valence-corrected chi connectivity index (χ0v) is 19.2. The van der Waals surface area contributed by atoms with Crippen LogP contribution in [0, 0.1) is 25.2 Å². The molecule has 2 amide bonds. The molecule has 0 aliphatic carbocycles. The highest BCUT2D eigenvalue weighted by Crippen LogP contribution is 2.42. The van der Waals surface area contributed by atoms with Crippen LogP contribution in [0.1, 0.15) is 16.7 Å². The van der Waals surface area contributed by atoms with Crippen LogP contribution in [-0.4, -0.2) is 17.1 Å². The van der Waals surface area contributed by atoms with E-state index in [4.69, 9.17) is 0 Å². The Labute approximate surface area is 197 Å². The Bertz CT molecular complexity index is 1260. The molecule has 4 rings (SSSR count). The summed E-state index contributed by atoms with van der Waals surface area (Å²) in [5.74, 6) is -0.667. The second-order valence-corrected chi connectivity index (χ2v) is 9.06. The third-order valence-corrected chi connectivity index (χ3v) is 6.69. The van der Waals surface area contributed by atoms with Gasteiger partial charge in [-0.2, -0.15) is 5.26 Å². The lowest BCUT2D eigenvalue weighted by Gasteiger charge is -2.19. The van der Waals surface area contributed by atoms with Crippen LogP contribution in [0.25, 0.3) is 0 Å². The molecule has 1 heterocycles. The van der Waals surface area contributed by atoms with Crippen molar-refractivity contribution in [2.75, 3.05) is 10.2 Å². The first-order valence-corrected chi connectivity index (χ1v) is 11.5. The molecule has 3 aromatic rings. The number of nitriles is 1. The summed E-state index contributed by atoms with van der Waals surface area (Å²) in [6.45, 7) is 3.84. The SMILES string of the molecule is Cc1ccc(C)c(NC(=O)/C(C#N)=C2\S[C@@H](Cc3ccccc3)C(=O)N2c2ccccc2)c1. The van der Waals surface area contributed by atoms with E-state index in [0.29, 0.717) is 22.8 Å². The van der Waals surface area contributed by atoms with Crippen molar-refractivity contribution in [1.82, 2.24) is 0 Å². The fourth-order valence-electron chi connectivity index (χ4n) is 3.68. The summed E-state index contributed by atoms with van der Waals surface area (Å²) in [6, 6.07) is 26.7. The van der Waals surface area contributed by atoms with Crippen LogP contribution in [0.5, 0.6) is 0 Å². The van der Waals surface area contributed by atoms with Crippen LogP contribution in [0.2, 0.25) is 0 Å². The van der Waals surface area contributed by atoms with E-state index in [1.807, 2.05) is 80.6 Å². The molecule has 33 heavy (non-hydrogen) atoms. The van der Waals surface area contributed by atoms with Gasteiger partial charge in [0.25, 0.3) is 5.91 Å². The smallest absolute Gasteiger partial charge is 0.269 e. The summed E-state index contributed by atoms with van der Waals surface area (Å²) in [4.78, 5) is 28.2. The van der Waals surface area contributed by atoms with Crippen LogP contribution in [0.3, 0.4) is 0 Å². The molecule has 0 aromatic heterocycles. The second-order valence-electron chi connectivity index (χ2n) is 7.87. The van der Waals surface area contributed by atoms with Crippen LogP contribution < -0.4 is 10.2 Å². The Morgan fingerprint density at radius 2 is 1.70 bits per heavy atom. The van der Waals surface area contributed by atoms with Gasteiger partial charge in [0.1, 0.15) is 16.7 Å². The normalized spacial score (nSPS) is 16.9. The predicted molar refractivity (Wildman–Crippen MR) is 133 cm³/mol. The number of hydrogen-bond donors (Lipinski definition) is 1. The van der Waals surface area contributed by atoms with Gasteiger partial charge in [0.2, 0.25) is 5.91 Å². The van der Waals surface area contributed by atoms with Gasteiger partial charge in [-0.15, -0.1) is 0 Å². The van der Waals surface area contributed by atoms with Crippen LogP contribution >= 0.6 is 11.8 Å². The van der Waals surface area contributed by atoms with E-state index < -0.39 is 11.2 Å². The van der Waals surface area contributed by atoms with Gasteiger partial charge < -0.3 is 5.32 Å². The van der Waals surface area contributed by atoms with Crippen molar-refractivity contribution in [3.63, 3.8) is 0 Å². The molecule has 3 aromatic carbocycles. The highest BCUT2D eigenvalue weighted by atomic mass is 32.2. The Morgan fingerprint density at radius 1 is 1.03 bits per heavy atom. The predicted octanol–water partition coefficient (Wildman–Crippen LogP) is 5.37. The van der Waals surface area contributed by atoms with Gasteiger partial charge in [0.05, 0.1) is 5.25 Å². The zero-order valence-electron chi connectivity index (χ0n) is 18.4. The molecule has 0 spiro atoms. The lowest BCUT2D eigenvalue weighted by atomic mass is 10.1. The minimum Gasteiger partial charge on any atom is -0.321 e. The summed E-state index contributed by atoms with van der Waals surface area (Å²) in [5.41, 5.74) is 4.13. The quantitative estimate of drug-likeness (QED) is 0.416. The number of aryl methyl sites for hydroxylation is 2. The lowest BCUT2D eigenvalue weighted by molar-refractivity contribution is -0.117. The second kappa shape index (κ2) is 9.76. The maximum atomic E-state index is 13.5. The summed E-state index contributed by atoms with van der Waals surface area (Å²) in [7, 11) is 0. The molecule has 1 aliphatic heterocycles. The van der Waals surface area contributed by atoms with Crippen LogP contribution in [0.15, 0.2) is 89.5 Å². The number of carbonyl (C=O) groups is 2. The number of thioether (sulfide) groups is 1. The molecular weight excluding hydrogens is 430 g/mol. The first-order chi connectivity index (χ1) is 16.0. The number of para-hydroxylation sites is 1. The van der Waals surface area contributed by atoms with E-state index in [0.717, 1.165) is 16.7 Å². The monoisotopic (exact) mass is 453 g/mol. The summed E-state index contributed by atoms with van der Waals surface area (Å²) in [5, 5.41) is 12.8. The summed E-state index contributed by atoms with van der Waals surface area (Å²) in [6.07, 6.45) is 0.508. The Balaban J connectivity index is 1.73. The number of hydrogen-bond acceptors (Lipinski definition) is 4. The molecule has 6 heteroatoms. The zero-order chi connectivity index (χ0) is 23.4. The fourth-order valence-corrected chi connectivity index (χ4v) is 4.99. The van der Waals surface area contributed by atoms with Gasteiger partial charge >= 0.3 is 0 Å². The number of rotatable bonds is 5. The molecule has 0 unspecified atom stereocenters. The lowest BCUT2D eigenvalue weighted by Crippen LogP contribution is -2.30. The largest absolute Gasteiger partial charge is 0.321 e. The third-order valence-electron chi connectivity index (χ3n) is 5.43. The Morgan fingerprint density at radius 3 is 2.36 bits per heavy atom. The molecule has 0 bridgehead atoms. The van der Waals surface area contributed by atoms with Crippen molar-refractivity contribution in [3.05, 3.63) is 106 Å². The van der Waals surface area contributed by atoms with E-state index in [2.05, 4.69) is 11.4 Å². The minimum atomic E-state index is -0.525.